The molecule has 0 amide bonds. The summed E-state index contributed by atoms with van der Waals surface area (Å²) in [4.78, 5) is 15.7. The molecular weight excluding hydrogens is 357 g/mol. The summed E-state index contributed by atoms with van der Waals surface area (Å²) in [5.74, 6) is 1.79. The third kappa shape index (κ3) is 2.33. The van der Waals surface area contributed by atoms with E-state index in [1.54, 1.807) is 0 Å². The molecule has 0 spiro atoms. The highest BCUT2D eigenvalue weighted by atomic mass is 19.1. The predicted octanol–water partition coefficient (Wildman–Crippen LogP) is 3.33. The highest BCUT2D eigenvalue weighted by Crippen LogP contribution is 2.39. The summed E-state index contributed by atoms with van der Waals surface area (Å²) >= 11 is 0. The van der Waals surface area contributed by atoms with E-state index in [4.69, 9.17) is 0 Å². The molecule has 6 rings (SSSR count). The van der Waals surface area contributed by atoms with Crippen molar-refractivity contribution in [2.24, 2.45) is 0 Å². The Bertz CT molecular complexity index is 1210. The zero-order valence-corrected chi connectivity index (χ0v) is 15.6. The SMILES string of the molecule is Cc1nc2ncc(-c3ccn4ncnc(N5CCC(F)C5)c34)cc2n1C1CC1. The van der Waals surface area contributed by atoms with Gasteiger partial charge in [0.1, 0.15) is 23.8 Å². The third-order valence-electron chi connectivity index (χ3n) is 5.81. The van der Waals surface area contributed by atoms with E-state index in [2.05, 4.69) is 30.7 Å². The van der Waals surface area contributed by atoms with Crippen molar-refractivity contribution in [3.8, 4) is 11.1 Å². The second-order valence-electron chi connectivity index (χ2n) is 7.77. The number of hydrogen-bond acceptors (Lipinski definition) is 5. The van der Waals surface area contributed by atoms with Crippen LogP contribution in [0.2, 0.25) is 0 Å². The molecule has 142 valence electrons. The van der Waals surface area contributed by atoms with Crippen molar-refractivity contribution >= 4 is 22.5 Å². The molecule has 2 aliphatic rings. The molecule has 0 bridgehead atoms. The molecule has 4 aromatic rings. The van der Waals surface area contributed by atoms with Crippen LogP contribution >= 0.6 is 0 Å². The number of imidazole rings is 1. The monoisotopic (exact) mass is 377 g/mol. The number of anilines is 1. The van der Waals surface area contributed by atoms with Crippen molar-refractivity contribution < 1.29 is 4.39 Å². The van der Waals surface area contributed by atoms with Crippen molar-refractivity contribution in [2.75, 3.05) is 18.0 Å². The van der Waals surface area contributed by atoms with Crippen LogP contribution in [0.4, 0.5) is 10.2 Å². The molecule has 0 aromatic carbocycles. The van der Waals surface area contributed by atoms with Crippen molar-refractivity contribution in [3.05, 3.63) is 36.7 Å². The Hall–Kier alpha value is -3.03. The maximum Gasteiger partial charge on any atom is 0.177 e. The van der Waals surface area contributed by atoms with Crippen molar-refractivity contribution in [2.45, 2.75) is 38.4 Å². The van der Waals surface area contributed by atoms with Crippen LogP contribution in [0, 0.1) is 6.92 Å². The quantitative estimate of drug-likeness (QED) is 0.548. The smallest absolute Gasteiger partial charge is 0.177 e. The number of aromatic nitrogens is 6. The molecule has 1 atom stereocenters. The van der Waals surface area contributed by atoms with E-state index in [0.29, 0.717) is 25.6 Å². The van der Waals surface area contributed by atoms with Gasteiger partial charge in [0, 0.05) is 36.1 Å². The summed E-state index contributed by atoms with van der Waals surface area (Å²) in [6, 6.07) is 4.73. The lowest BCUT2D eigenvalue weighted by Crippen LogP contribution is -2.22. The average Bonchev–Trinajstić information content (AvgIpc) is 3.13. The minimum Gasteiger partial charge on any atom is -0.352 e. The molecule has 4 aromatic heterocycles. The van der Waals surface area contributed by atoms with Crippen LogP contribution in [0.5, 0.6) is 0 Å². The van der Waals surface area contributed by atoms with E-state index in [9.17, 15) is 4.39 Å². The summed E-state index contributed by atoms with van der Waals surface area (Å²) in [5, 5.41) is 4.35. The molecule has 5 heterocycles. The van der Waals surface area contributed by atoms with Gasteiger partial charge in [-0.05, 0) is 38.3 Å². The molecule has 1 unspecified atom stereocenters. The third-order valence-corrected chi connectivity index (χ3v) is 5.81. The second-order valence-corrected chi connectivity index (χ2v) is 7.77. The minimum absolute atomic E-state index is 0.377. The molecule has 2 fully saturated rings. The van der Waals surface area contributed by atoms with Gasteiger partial charge in [-0.1, -0.05) is 0 Å². The number of aryl methyl sites for hydroxylation is 1. The topological polar surface area (TPSA) is 64.1 Å². The van der Waals surface area contributed by atoms with E-state index >= 15 is 0 Å². The number of hydrogen-bond donors (Lipinski definition) is 0. The highest BCUT2D eigenvalue weighted by molar-refractivity contribution is 5.91. The molecule has 7 nitrogen and oxygen atoms in total. The Kier molecular flexibility index (Phi) is 3.27. The number of nitrogens with zero attached hydrogens (tertiary/aromatic N) is 7. The summed E-state index contributed by atoms with van der Waals surface area (Å²) in [5.41, 5.74) is 4.76. The van der Waals surface area contributed by atoms with Crippen LogP contribution in [0.25, 0.3) is 27.8 Å². The van der Waals surface area contributed by atoms with Crippen LogP contribution < -0.4 is 4.90 Å². The molecule has 1 aliphatic carbocycles. The van der Waals surface area contributed by atoms with E-state index < -0.39 is 6.17 Å². The van der Waals surface area contributed by atoms with Crippen LogP contribution in [0.3, 0.4) is 0 Å². The van der Waals surface area contributed by atoms with Crippen molar-refractivity contribution in [3.63, 3.8) is 0 Å². The zero-order valence-electron chi connectivity index (χ0n) is 15.6. The Morgan fingerprint density at radius 2 is 2.07 bits per heavy atom. The van der Waals surface area contributed by atoms with Crippen molar-refractivity contribution in [1.82, 2.24) is 29.1 Å². The number of pyridine rings is 1. The second kappa shape index (κ2) is 5.73. The first-order valence-corrected chi connectivity index (χ1v) is 9.75. The Morgan fingerprint density at radius 3 is 2.86 bits per heavy atom. The maximum absolute atomic E-state index is 13.8. The maximum atomic E-state index is 13.8. The van der Waals surface area contributed by atoms with E-state index in [-0.39, 0.29) is 0 Å². The molecule has 28 heavy (non-hydrogen) atoms. The van der Waals surface area contributed by atoms with Crippen LogP contribution in [0.1, 0.15) is 31.1 Å². The Morgan fingerprint density at radius 1 is 1.18 bits per heavy atom. The van der Waals surface area contributed by atoms with Gasteiger partial charge >= 0.3 is 0 Å². The van der Waals surface area contributed by atoms with Gasteiger partial charge in [0.25, 0.3) is 0 Å². The normalized spacial score (nSPS) is 19.9. The van der Waals surface area contributed by atoms with Crippen LogP contribution in [-0.2, 0) is 0 Å². The van der Waals surface area contributed by atoms with Gasteiger partial charge in [0.15, 0.2) is 11.5 Å². The molecule has 0 radical (unpaired) electrons. The molecule has 8 heteroatoms. The fraction of sp³-hybridized carbons (Fsp3) is 0.400. The average molecular weight is 377 g/mol. The fourth-order valence-corrected chi connectivity index (χ4v) is 4.34. The van der Waals surface area contributed by atoms with Gasteiger partial charge in [-0.25, -0.2) is 23.9 Å². The van der Waals surface area contributed by atoms with Gasteiger partial charge < -0.3 is 9.47 Å². The first-order valence-electron chi connectivity index (χ1n) is 9.75. The summed E-state index contributed by atoms with van der Waals surface area (Å²) < 4.78 is 17.9. The largest absolute Gasteiger partial charge is 0.352 e. The fourth-order valence-electron chi connectivity index (χ4n) is 4.34. The lowest BCUT2D eigenvalue weighted by molar-refractivity contribution is 0.364. The van der Waals surface area contributed by atoms with Crippen molar-refractivity contribution in [1.29, 1.82) is 0 Å². The summed E-state index contributed by atoms with van der Waals surface area (Å²) in [6.45, 7) is 3.09. The lowest BCUT2D eigenvalue weighted by atomic mass is 10.1. The predicted molar refractivity (Wildman–Crippen MR) is 104 cm³/mol. The van der Waals surface area contributed by atoms with E-state index in [1.165, 1.54) is 19.2 Å². The zero-order chi connectivity index (χ0) is 18.8. The molecule has 1 saturated carbocycles. The standard InChI is InChI=1S/C20H20FN7/c1-12-25-19-17(28(12)15-2-3-15)8-13(9-22-19)16-5-7-27-18(16)20(23-11-24-27)26-6-4-14(21)10-26/h5,7-9,11,14-15H,2-4,6,10H2,1H3. The molecular formula is C20H20FN7. The highest BCUT2D eigenvalue weighted by Gasteiger charge is 2.28. The first kappa shape index (κ1) is 16.0. The Labute approximate surface area is 160 Å². The molecule has 1 aliphatic heterocycles. The van der Waals surface area contributed by atoms with Gasteiger partial charge in [-0.15, -0.1) is 0 Å². The van der Waals surface area contributed by atoms with Gasteiger partial charge in [0.2, 0.25) is 0 Å². The van der Waals surface area contributed by atoms with Crippen LogP contribution in [-0.4, -0.2) is 48.4 Å². The number of fused-ring (bicyclic) bond motifs is 2. The minimum atomic E-state index is -0.803. The number of halogens is 1. The van der Waals surface area contributed by atoms with Gasteiger partial charge in [-0.3, -0.25) is 0 Å². The van der Waals surface area contributed by atoms with E-state index in [0.717, 1.165) is 39.4 Å². The Balaban J connectivity index is 1.54. The lowest BCUT2D eigenvalue weighted by Gasteiger charge is -2.18. The molecule has 1 saturated heterocycles. The molecule has 0 N–H and O–H groups in total. The van der Waals surface area contributed by atoms with Crippen LogP contribution in [0.15, 0.2) is 30.9 Å². The van der Waals surface area contributed by atoms with Gasteiger partial charge in [0.05, 0.1) is 12.1 Å². The van der Waals surface area contributed by atoms with Gasteiger partial charge in [-0.2, -0.15) is 5.10 Å². The first-order chi connectivity index (χ1) is 13.7. The van der Waals surface area contributed by atoms with E-state index in [1.807, 2.05) is 34.8 Å². The number of rotatable bonds is 3. The number of alkyl halides is 1. The summed E-state index contributed by atoms with van der Waals surface area (Å²) in [6.07, 6.45) is 7.45. The summed E-state index contributed by atoms with van der Waals surface area (Å²) in [7, 11) is 0.